The normalized spacial score (nSPS) is 24.1. The van der Waals surface area contributed by atoms with Gasteiger partial charge in [-0.05, 0) is 24.3 Å². The number of nitrogens with one attached hydrogen (secondary N) is 1. The zero-order valence-electron chi connectivity index (χ0n) is 10.8. The number of amides is 2. The molecule has 4 N–H and O–H groups in total. The SMILES string of the molecule is NC(=O)c1c(NC(=O)C2CC2CO)sc2c1CCOC2. The van der Waals surface area contributed by atoms with E-state index < -0.39 is 5.91 Å². The number of hydrogen-bond acceptors (Lipinski definition) is 5. The Bertz CT molecular complexity index is 569. The molecule has 1 aromatic rings. The summed E-state index contributed by atoms with van der Waals surface area (Å²) in [6, 6.07) is 0. The first-order valence-electron chi connectivity index (χ1n) is 6.55. The Labute approximate surface area is 119 Å². The van der Waals surface area contributed by atoms with E-state index in [1.165, 1.54) is 11.3 Å². The summed E-state index contributed by atoms with van der Waals surface area (Å²) in [7, 11) is 0. The highest BCUT2D eigenvalue weighted by molar-refractivity contribution is 7.17. The summed E-state index contributed by atoms with van der Waals surface area (Å²) >= 11 is 1.35. The van der Waals surface area contributed by atoms with E-state index in [0.717, 1.165) is 10.4 Å². The van der Waals surface area contributed by atoms with Gasteiger partial charge in [-0.3, -0.25) is 9.59 Å². The number of nitrogens with two attached hydrogens (primary N) is 1. The Morgan fingerprint density at radius 3 is 2.95 bits per heavy atom. The molecule has 1 aliphatic carbocycles. The van der Waals surface area contributed by atoms with Crippen LogP contribution in [0.1, 0.15) is 27.2 Å². The van der Waals surface area contributed by atoms with E-state index in [0.29, 0.717) is 36.6 Å². The third kappa shape index (κ3) is 2.32. The molecule has 2 unspecified atom stereocenters. The number of aliphatic hydroxyl groups excluding tert-OH is 1. The van der Waals surface area contributed by atoms with Crippen LogP contribution in [0.2, 0.25) is 0 Å². The molecule has 108 valence electrons. The van der Waals surface area contributed by atoms with Gasteiger partial charge in [0.25, 0.3) is 5.91 Å². The van der Waals surface area contributed by atoms with E-state index in [2.05, 4.69) is 5.32 Å². The third-order valence-corrected chi connectivity index (χ3v) is 4.92. The summed E-state index contributed by atoms with van der Waals surface area (Å²) < 4.78 is 5.36. The second kappa shape index (κ2) is 5.16. The number of ether oxygens (including phenoxy) is 1. The van der Waals surface area contributed by atoms with E-state index in [1.54, 1.807) is 0 Å². The Morgan fingerprint density at radius 2 is 2.30 bits per heavy atom. The summed E-state index contributed by atoms with van der Waals surface area (Å²) in [6.07, 6.45) is 1.34. The number of primary amides is 1. The van der Waals surface area contributed by atoms with Crippen LogP contribution in [0.3, 0.4) is 0 Å². The minimum Gasteiger partial charge on any atom is -0.396 e. The monoisotopic (exact) mass is 296 g/mol. The van der Waals surface area contributed by atoms with Gasteiger partial charge in [-0.1, -0.05) is 0 Å². The second-order valence-corrected chi connectivity index (χ2v) is 6.25. The fourth-order valence-electron chi connectivity index (χ4n) is 2.56. The highest BCUT2D eigenvalue weighted by Gasteiger charge is 2.42. The molecule has 3 rings (SSSR count). The molecular formula is C13H16N2O4S. The van der Waals surface area contributed by atoms with Crippen LogP contribution < -0.4 is 11.1 Å². The highest BCUT2D eigenvalue weighted by Crippen LogP contribution is 2.41. The Hall–Kier alpha value is -1.44. The molecule has 1 fully saturated rings. The number of carbonyl (C=O) groups excluding carboxylic acids is 2. The standard InChI is InChI=1S/C13H16N2O4S/c14-11(17)10-7-1-2-19-5-9(7)20-13(10)15-12(18)8-3-6(8)4-16/h6,8,16H,1-5H2,(H2,14,17)(H,15,18). The minimum absolute atomic E-state index is 0.0234. The molecule has 6 nitrogen and oxygen atoms in total. The smallest absolute Gasteiger partial charge is 0.251 e. The van der Waals surface area contributed by atoms with E-state index in [-0.39, 0.29) is 24.3 Å². The molecule has 2 heterocycles. The molecule has 0 spiro atoms. The number of anilines is 1. The second-order valence-electron chi connectivity index (χ2n) is 5.15. The summed E-state index contributed by atoms with van der Waals surface area (Å²) in [6.45, 7) is 1.04. The van der Waals surface area contributed by atoms with Crippen LogP contribution in [-0.2, 0) is 22.6 Å². The van der Waals surface area contributed by atoms with Crippen LogP contribution in [0.4, 0.5) is 5.00 Å². The zero-order chi connectivity index (χ0) is 14.3. The van der Waals surface area contributed by atoms with Gasteiger partial charge in [-0.2, -0.15) is 0 Å². The minimum atomic E-state index is -0.519. The summed E-state index contributed by atoms with van der Waals surface area (Å²) in [5.74, 6) is -0.777. The molecule has 1 aliphatic heterocycles. The maximum Gasteiger partial charge on any atom is 0.251 e. The molecular weight excluding hydrogens is 280 g/mol. The maximum absolute atomic E-state index is 12.0. The van der Waals surface area contributed by atoms with Gasteiger partial charge in [0.15, 0.2) is 0 Å². The zero-order valence-corrected chi connectivity index (χ0v) is 11.7. The largest absolute Gasteiger partial charge is 0.396 e. The van der Waals surface area contributed by atoms with Gasteiger partial charge in [0, 0.05) is 17.4 Å². The molecule has 0 radical (unpaired) electrons. The van der Waals surface area contributed by atoms with Crippen molar-refractivity contribution in [3.8, 4) is 0 Å². The van der Waals surface area contributed by atoms with Crippen molar-refractivity contribution in [2.75, 3.05) is 18.5 Å². The van der Waals surface area contributed by atoms with Gasteiger partial charge >= 0.3 is 0 Å². The number of thiophene rings is 1. The average Bonchev–Trinajstić information content (AvgIpc) is 3.12. The lowest BCUT2D eigenvalue weighted by atomic mass is 10.1. The van der Waals surface area contributed by atoms with Crippen LogP contribution in [0, 0.1) is 11.8 Å². The van der Waals surface area contributed by atoms with Crippen molar-refractivity contribution >= 4 is 28.2 Å². The molecule has 0 bridgehead atoms. The van der Waals surface area contributed by atoms with Gasteiger partial charge in [-0.15, -0.1) is 11.3 Å². The molecule has 2 amide bonds. The molecule has 7 heteroatoms. The molecule has 20 heavy (non-hydrogen) atoms. The van der Waals surface area contributed by atoms with Crippen LogP contribution in [-0.4, -0.2) is 30.1 Å². The van der Waals surface area contributed by atoms with Crippen molar-refractivity contribution in [1.82, 2.24) is 0 Å². The van der Waals surface area contributed by atoms with Crippen LogP contribution in [0.15, 0.2) is 0 Å². The molecule has 1 aromatic heterocycles. The summed E-state index contributed by atoms with van der Waals surface area (Å²) in [4.78, 5) is 24.6. The Kier molecular flexibility index (Phi) is 3.49. The lowest BCUT2D eigenvalue weighted by molar-refractivity contribution is -0.117. The van der Waals surface area contributed by atoms with Crippen molar-refractivity contribution in [3.63, 3.8) is 0 Å². The van der Waals surface area contributed by atoms with E-state index in [9.17, 15) is 9.59 Å². The van der Waals surface area contributed by atoms with Gasteiger partial charge in [0.1, 0.15) is 5.00 Å². The Morgan fingerprint density at radius 1 is 1.50 bits per heavy atom. The topological polar surface area (TPSA) is 102 Å². The van der Waals surface area contributed by atoms with Gasteiger partial charge in [-0.25, -0.2) is 0 Å². The molecule has 1 saturated carbocycles. The fraction of sp³-hybridized carbons (Fsp3) is 0.538. The van der Waals surface area contributed by atoms with Gasteiger partial charge < -0.3 is 20.9 Å². The number of aliphatic hydroxyl groups is 1. The first-order valence-corrected chi connectivity index (χ1v) is 7.37. The quantitative estimate of drug-likeness (QED) is 0.752. The molecule has 2 aliphatic rings. The van der Waals surface area contributed by atoms with Crippen molar-refractivity contribution in [1.29, 1.82) is 0 Å². The van der Waals surface area contributed by atoms with Crippen molar-refractivity contribution < 1.29 is 19.4 Å². The molecule has 0 saturated heterocycles. The first kappa shape index (κ1) is 13.5. The molecule has 0 aromatic carbocycles. The van der Waals surface area contributed by atoms with Crippen molar-refractivity contribution in [2.45, 2.75) is 19.4 Å². The van der Waals surface area contributed by atoms with E-state index >= 15 is 0 Å². The van der Waals surface area contributed by atoms with E-state index in [4.69, 9.17) is 15.6 Å². The van der Waals surface area contributed by atoms with Crippen LogP contribution in [0.5, 0.6) is 0 Å². The summed E-state index contributed by atoms with van der Waals surface area (Å²) in [5.41, 5.74) is 6.76. The van der Waals surface area contributed by atoms with Gasteiger partial charge in [0.2, 0.25) is 5.91 Å². The lowest BCUT2D eigenvalue weighted by Crippen LogP contribution is -2.20. The highest BCUT2D eigenvalue weighted by atomic mass is 32.1. The van der Waals surface area contributed by atoms with E-state index in [1.807, 2.05) is 0 Å². The van der Waals surface area contributed by atoms with Crippen molar-refractivity contribution in [2.24, 2.45) is 17.6 Å². The van der Waals surface area contributed by atoms with Crippen LogP contribution >= 0.6 is 11.3 Å². The number of hydrogen-bond donors (Lipinski definition) is 3. The average molecular weight is 296 g/mol. The third-order valence-electron chi connectivity index (χ3n) is 3.80. The first-order chi connectivity index (χ1) is 9.61. The number of rotatable bonds is 4. The van der Waals surface area contributed by atoms with Crippen LogP contribution in [0.25, 0.3) is 0 Å². The lowest BCUT2D eigenvalue weighted by Gasteiger charge is -2.12. The van der Waals surface area contributed by atoms with Crippen molar-refractivity contribution in [3.05, 3.63) is 16.0 Å². The predicted molar refractivity (Wildman–Crippen MR) is 73.5 cm³/mol. The fourth-order valence-corrected chi connectivity index (χ4v) is 3.75. The van der Waals surface area contributed by atoms with Gasteiger partial charge in [0.05, 0.1) is 18.8 Å². The molecule has 2 atom stereocenters. The number of fused-ring (bicyclic) bond motifs is 1. The summed E-state index contributed by atoms with van der Waals surface area (Å²) in [5, 5.41) is 12.3. The Balaban J connectivity index is 1.84. The number of carbonyl (C=O) groups is 2. The maximum atomic E-state index is 12.0. The predicted octanol–water partition coefficient (Wildman–Crippen LogP) is 0.487.